The van der Waals surface area contributed by atoms with E-state index >= 15 is 0 Å². The third-order valence-corrected chi connectivity index (χ3v) is 4.85. The molecule has 27 heavy (non-hydrogen) atoms. The van der Waals surface area contributed by atoms with Gasteiger partial charge in [-0.15, -0.1) is 0 Å². The molecular formula is C23H25NO3. The van der Waals surface area contributed by atoms with Gasteiger partial charge in [-0.1, -0.05) is 42.5 Å². The number of benzene rings is 3. The first-order valence-electron chi connectivity index (χ1n) is 9.27. The summed E-state index contributed by atoms with van der Waals surface area (Å²) in [7, 11) is 1.32. The largest absolute Gasteiger partial charge is 0.507 e. The number of hydrogen-bond acceptors (Lipinski definition) is 4. The van der Waals surface area contributed by atoms with E-state index in [1.165, 1.54) is 23.6 Å². The van der Waals surface area contributed by atoms with E-state index in [9.17, 15) is 9.90 Å². The van der Waals surface area contributed by atoms with Crippen molar-refractivity contribution >= 4 is 22.4 Å². The molecule has 4 heteroatoms. The second-order valence-electron chi connectivity index (χ2n) is 6.52. The number of aryl methyl sites for hydroxylation is 1. The van der Waals surface area contributed by atoms with Crippen molar-refractivity contribution in [2.45, 2.75) is 19.8 Å². The number of phenols is 1. The number of esters is 1. The molecule has 0 heterocycles. The molecule has 0 atom stereocenters. The topological polar surface area (TPSA) is 49.8 Å². The highest BCUT2D eigenvalue weighted by Crippen LogP contribution is 2.27. The van der Waals surface area contributed by atoms with Crippen LogP contribution in [-0.4, -0.2) is 31.3 Å². The van der Waals surface area contributed by atoms with Crippen molar-refractivity contribution in [1.29, 1.82) is 0 Å². The Morgan fingerprint density at radius 2 is 1.85 bits per heavy atom. The molecule has 3 aromatic rings. The van der Waals surface area contributed by atoms with Crippen LogP contribution in [0.25, 0.3) is 10.8 Å². The molecule has 0 bridgehead atoms. The van der Waals surface area contributed by atoms with Gasteiger partial charge in [0.1, 0.15) is 11.3 Å². The van der Waals surface area contributed by atoms with Crippen LogP contribution in [0.5, 0.6) is 5.75 Å². The first kappa shape index (κ1) is 18.8. The van der Waals surface area contributed by atoms with Crippen LogP contribution in [0.1, 0.15) is 29.3 Å². The second kappa shape index (κ2) is 8.58. The monoisotopic (exact) mass is 363 g/mol. The summed E-state index contributed by atoms with van der Waals surface area (Å²) in [5.41, 5.74) is 2.48. The summed E-state index contributed by atoms with van der Waals surface area (Å²) in [6, 6.07) is 20.0. The van der Waals surface area contributed by atoms with Gasteiger partial charge in [0.05, 0.1) is 7.11 Å². The summed E-state index contributed by atoms with van der Waals surface area (Å²) < 4.78 is 4.72. The summed E-state index contributed by atoms with van der Waals surface area (Å²) in [6.07, 6.45) is 1.77. The van der Waals surface area contributed by atoms with E-state index in [-0.39, 0.29) is 11.3 Å². The molecule has 0 spiro atoms. The molecule has 0 aliphatic heterocycles. The van der Waals surface area contributed by atoms with Gasteiger partial charge in [0.25, 0.3) is 0 Å². The molecule has 0 aliphatic rings. The first-order valence-corrected chi connectivity index (χ1v) is 9.27. The van der Waals surface area contributed by atoms with Crippen LogP contribution in [0.15, 0.2) is 60.7 Å². The zero-order chi connectivity index (χ0) is 19.2. The molecule has 0 fully saturated rings. The van der Waals surface area contributed by atoms with E-state index in [2.05, 4.69) is 54.3 Å². The van der Waals surface area contributed by atoms with Crippen LogP contribution < -0.4 is 4.90 Å². The molecule has 0 saturated heterocycles. The van der Waals surface area contributed by atoms with E-state index < -0.39 is 5.97 Å². The molecule has 0 amide bonds. The van der Waals surface area contributed by atoms with Gasteiger partial charge in [-0.05, 0) is 48.9 Å². The molecule has 3 rings (SSSR count). The molecule has 3 aromatic carbocycles. The van der Waals surface area contributed by atoms with Gasteiger partial charge in [-0.25, -0.2) is 4.79 Å². The Balaban J connectivity index is 1.71. The number of carbonyl (C=O) groups is 1. The van der Waals surface area contributed by atoms with Crippen molar-refractivity contribution in [1.82, 2.24) is 0 Å². The number of rotatable bonds is 7. The van der Waals surface area contributed by atoms with Crippen molar-refractivity contribution in [2.75, 3.05) is 25.1 Å². The van der Waals surface area contributed by atoms with Crippen molar-refractivity contribution in [3.8, 4) is 5.75 Å². The molecule has 0 aliphatic carbocycles. The maximum absolute atomic E-state index is 11.7. The summed E-state index contributed by atoms with van der Waals surface area (Å²) in [5, 5.41) is 12.3. The van der Waals surface area contributed by atoms with E-state index in [0.29, 0.717) is 0 Å². The maximum Gasteiger partial charge on any atom is 0.341 e. The number of hydrogen-bond donors (Lipinski definition) is 1. The molecule has 0 aromatic heterocycles. The fraction of sp³-hybridized carbons (Fsp3) is 0.261. The van der Waals surface area contributed by atoms with Gasteiger partial charge in [-0.3, -0.25) is 0 Å². The lowest BCUT2D eigenvalue weighted by molar-refractivity contribution is 0.0597. The Hall–Kier alpha value is -3.01. The predicted octanol–water partition coefficient (Wildman–Crippen LogP) is 4.79. The van der Waals surface area contributed by atoms with E-state index in [0.717, 1.165) is 31.5 Å². The highest BCUT2D eigenvalue weighted by molar-refractivity contribution is 5.94. The van der Waals surface area contributed by atoms with Crippen LogP contribution >= 0.6 is 0 Å². The first-order chi connectivity index (χ1) is 13.1. The van der Waals surface area contributed by atoms with Crippen LogP contribution in [0.3, 0.4) is 0 Å². The Morgan fingerprint density at radius 1 is 1.07 bits per heavy atom. The third-order valence-electron chi connectivity index (χ3n) is 4.85. The number of phenolic OH excluding ortho intramolecular Hbond substituents is 1. The number of aromatic hydroxyl groups is 1. The van der Waals surface area contributed by atoms with Crippen molar-refractivity contribution < 1.29 is 14.6 Å². The predicted molar refractivity (Wildman–Crippen MR) is 110 cm³/mol. The van der Waals surface area contributed by atoms with Gasteiger partial charge in [0.15, 0.2) is 0 Å². The molecule has 0 saturated carbocycles. The molecular weight excluding hydrogens is 338 g/mol. The molecule has 0 unspecified atom stereocenters. The molecule has 140 valence electrons. The van der Waals surface area contributed by atoms with Gasteiger partial charge in [-0.2, -0.15) is 0 Å². The van der Waals surface area contributed by atoms with Crippen LogP contribution in [0.2, 0.25) is 0 Å². The quantitative estimate of drug-likeness (QED) is 0.613. The smallest absolute Gasteiger partial charge is 0.341 e. The number of ether oxygens (including phenoxy) is 1. The zero-order valence-corrected chi connectivity index (χ0v) is 15.8. The Kier molecular flexibility index (Phi) is 5.97. The van der Waals surface area contributed by atoms with E-state index in [1.807, 2.05) is 6.07 Å². The third kappa shape index (κ3) is 4.22. The Morgan fingerprint density at radius 3 is 2.63 bits per heavy atom. The minimum atomic E-state index is -0.514. The summed E-state index contributed by atoms with van der Waals surface area (Å²) in [6.45, 7) is 4.01. The highest BCUT2D eigenvalue weighted by Gasteiger charge is 2.13. The fourth-order valence-electron chi connectivity index (χ4n) is 3.42. The van der Waals surface area contributed by atoms with Crippen LogP contribution in [0, 0.1) is 0 Å². The molecule has 0 radical (unpaired) electrons. The average molecular weight is 363 g/mol. The van der Waals surface area contributed by atoms with E-state index in [1.54, 1.807) is 12.1 Å². The van der Waals surface area contributed by atoms with Gasteiger partial charge < -0.3 is 14.7 Å². The number of nitrogens with zero attached hydrogens (tertiary/aromatic N) is 1. The minimum absolute atomic E-state index is 0.0449. The normalized spacial score (nSPS) is 10.7. The summed E-state index contributed by atoms with van der Waals surface area (Å²) in [5.74, 6) is -0.558. The zero-order valence-electron chi connectivity index (χ0n) is 15.8. The lowest BCUT2D eigenvalue weighted by atomic mass is 10.0. The highest BCUT2D eigenvalue weighted by atomic mass is 16.5. The summed E-state index contributed by atoms with van der Waals surface area (Å²) >= 11 is 0. The molecule has 4 nitrogen and oxygen atoms in total. The number of carbonyl (C=O) groups excluding carboxylic acids is 1. The number of anilines is 1. The van der Waals surface area contributed by atoms with Gasteiger partial charge >= 0.3 is 5.97 Å². The van der Waals surface area contributed by atoms with Crippen molar-refractivity contribution in [3.63, 3.8) is 0 Å². The van der Waals surface area contributed by atoms with Crippen LogP contribution in [0.4, 0.5) is 5.69 Å². The van der Waals surface area contributed by atoms with Crippen molar-refractivity contribution in [3.05, 3.63) is 71.8 Å². The van der Waals surface area contributed by atoms with E-state index in [4.69, 9.17) is 4.74 Å². The maximum atomic E-state index is 11.7. The fourth-order valence-corrected chi connectivity index (χ4v) is 3.42. The number of methoxy groups -OCH3 is 1. The molecule has 1 N–H and O–H groups in total. The minimum Gasteiger partial charge on any atom is -0.507 e. The number of fused-ring (bicyclic) bond motifs is 1. The lowest BCUT2D eigenvalue weighted by Gasteiger charge is -2.25. The van der Waals surface area contributed by atoms with Gasteiger partial charge in [0.2, 0.25) is 0 Å². The Labute approximate surface area is 160 Å². The van der Waals surface area contributed by atoms with Crippen molar-refractivity contribution in [2.24, 2.45) is 0 Å². The SMILES string of the molecule is CCN(CCCc1ccc(O)c(C(=O)OC)c1)c1cccc2ccccc12. The second-order valence-corrected chi connectivity index (χ2v) is 6.52. The average Bonchev–Trinajstić information content (AvgIpc) is 2.71. The summed E-state index contributed by atoms with van der Waals surface area (Å²) in [4.78, 5) is 14.1. The lowest BCUT2D eigenvalue weighted by Crippen LogP contribution is -2.24. The van der Waals surface area contributed by atoms with Crippen LogP contribution in [-0.2, 0) is 11.2 Å². The van der Waals surface area contributed by atoms with Gasteiger partial charge in [0, 0.05) is 24.2 Å². The Bertz CT molecular complexity index is 931. The standard InChI is InChI=1S/C23H25NO3/c1-3-24(21-12-6-10-18-9-4-5-11-19(18)21)15-7-8-17-13-14-22(25)20(16-17)23(26)27-2/h4-6,9-14,16,25H,3,7-8,15H2,1-2H3.